The second-order valence-electron chi connectivity index (χ2n) is 7.68. The number of aliphatic imine (C=N–C) groups is 1. The number of hydrogen-bond acceptors (Lipinski definition) is 4. The van der Waals surface area contributed by atoms with Gasteiger partial charge in [0.05, 0.1) is 18.7 Å². The van der Waals surface area contributed by atoms with Crippen LogP contribution in [0.15, 0.2) is 47.5 Å². The minimum absolute atomic E-state index is 0.0345. The summed E-state index contributed by atoms with van der Waals surface area (Å²) in [6.07, 6.45) is 2.10. The Morgan fingerprint density at radius 1 is 1.17 bits per heavy atom. The zero-order valence-corrected chi connectivity index (χ0v) is 16.8. The molecule has 6 nitrogen and oxygen atoms in total. The number of ether oxygens (including phenoxy) is 1. The highest BCUT2D eigenvalue weighted by molar-refractivity contribution is 6.40. The van der Waals surface area contributed by atoms with Crippen molar-refractivity contribution in [1.82, 2.24) is 4.90 Å². The fraction of sp³-hybridized carbons (Fsp3) is 0.348. The molecule has 0 aliphatic carbocycles. The largest absolute Gasteiger partial charge is 0.497 e. The number of rotatable bonds is 4. The third kappa shape index (κ3) is 4.16. The van der Waals surface area contributed by atoms with E-state index in [1.165, 1.54) is 0 Å². The maximum absolute atomic E-state index is 13.0. The number of methoxy groups -OCH3 is 1. The van der Waals surface area contributed by atoms with Crippen molar-refractivity contribution in [2.75, 3.05) is 25.5 Å². The molecule has 1 unspecified atom stereocenters. The van der Waals surface area contributed by atoms with E-state index in [4.69, 9.17) is 4.74 Å². The maximum Gasteiger partial charge on any atom is 0.268 e. The molecule has 0 bridgehead atoms. The first-order valence-electron chi connectivity index (χ1n) is 9.95. The minimum atomic E-state index is -0.210. The lowest BCUT2D eigenvalue weighted by Crippen LogP contribution is -2.46. The van der Waals surface area contributed by atoms with Gasteiger partial charge in [-0.25, -0.2) is 4.99 Å². The number of nitrogens with zero attached hydrogens (tertiary/aromatic N) is 2. The van der Waals surface area contributed by atoms with Crippen LogP contribution in [0.3, 0.4) is 0 Å². The highest BCUT2D eigenvalue weighted by Crippen LogP contribution is 2.31. The Morgan fingerprint density at radius 2 is 1.97 bits per heavy atom. The third-order valence-corrected chi connectivity index (χ3v) is 5.55. The molecule has 0 radical (unpaired) electrons. The Morgan fingerprint density at radius 3 is 2.72 bits per heavy atom. The lowest BCUT2D eigenvalue weighted by molar-refractivity contribution is -0.128. The van der Waals surface area contributed by atoms with Gasteiger partial charge in [0, 0.05) is 25.2 Å². The molecule has 4 rings (SSSR count). The maximum atomic E-state index is 13.0. The zero-order valence-electron chi connectivity index (χ0n) is 16.8. The highest BCUT2D eigenvalue weighted by atomic mass is 16.5. The summed E-state index contributed by atoms with van der Waals surface area (Å²) in [4.78, 5) is 32.0. The quantitative estimate of drug-likeness (QED) is 0.867. The number of aryl methyl sites for hydroxylation is 1. The van der Waals surface area contributed by atoms with Crippen LogP contribution in [0.5, 0.6) is 5.75 Å². The van der Waals surface area contributed by atoms with Crippen molar-refractivity contribution < 1.29 is 14.3 Å². The van der Waals surface area contributed by atoms with E-state index in [2.05, 4.69) is 10.3 Å². The number of nitrogens with one attached hydrogen (secondary N) is 1. The molecular weight excluding hydrogens is 366 g/mol. The molecule has 2 aromatic rings. The summed E-state index contributed by atoms with van der Waals surface area (Å²) in [7, 11) is 1.62. The highest BCUT2D eigenvalue weighted by Gasteiger charge is 2.32. The molecule has 0 spiro atoms. The Balaban J connectivity index is 1.40. The van der Waals surface area contributed by atoms with Crippen LogP contribution in [0.2, 0.25) is 0 Å². The fourth-order valence-electron chi connectivity index (χ4n) is 3.87. The van der Waals surface area contributed by atoms with Gasteiger partial charge in [-0.1, -0.05) is 17.7 Å². The van der Waals surface area contributed by atoms with Crippen LogP contribution in [0.4, 0.5) is 11.4 Å². The molecule has 2 heterocycles. The summed E-state index contributed by atoms with van der Waals surface area (Å²) in [5.41, 5.74) is 4.29. The molecule has 150 valence electrons. The molecule has 1 atom stereocenters. The van der Waals surface area contributed by atoms with Gasteiger partial charge in [0.2, 0.25) is 5.91 Å². The van der Waals surface area contributed by atoms with Crippen molar-refractivity contribution in [2.45, 2.75) is 26.2 Å². The molecule has 1 fully saturated rings. The van der Waals surface area contributed by atoms with Crippen molar-refractivity contribution in [3.05, 3.63) is 53.6 Å². The van der Waals surface area contributed by atoms with Crippen molar-refractivity contribution in [3.8, 4) is 5.75 Å². The number of benzene rings is 2. The molecule has 29 heavy (non-hydrogen) atoms. The van der Waals surface area contributed by atoms with Gasteiger partial charge in [-0.3, -0.25) is 9.59 Å². The van der Waals surface area contributed by atoms with Gasteiger partial charge >= 0.3 is 0 Å². The molecular formula is C23H25N3O3. The summed E-state index contributed by atoms with van der Waals surface area (Å²) in [6.45, 7) is 3.09. The van der Waals surface area contributed by atoms with Gasteiger partial charge in [-0.15, -0.1) is 0 Å². The van der Waals surface area contributed by atoms with Gasteiger partial charge in [0.1, 0.15) is 11.5 Å². The third-order valence-electron chi connectivity index (χ3n) is 5.55. The monoisotopic (exact) mass is 391 g/mol. The molecule has 2 amide bonds. The van der Waals surface area contributed by atoms with E-state index in [1.807, 2.05) is 49.4 Å². The number of fused-ring (bicyclic) bond motifs is 1. The number of likely N-dealkylation sites (tertiary alicyclic amines) is 1. The molecule has 2 aliphatic heterocycles. The summed E-state index contributed by atoms with van der Waals surface area (Å²) in [5.74, 6) is 0.442. The number of piperidine rings is 1. The second-order valence-corrected chi connectivity index (χ2v) is 7.68. The molecule has 2 aromatic carbocycles. The van der Waals surface area contributed by atoms with Crippen molar-refractivity contribution in [2.24, 2.45) is 10.9 Å². The van der Waals surface area contributed by atoms with Gasteiger partial charge in [-0.2, -0.15) is 0 Å². The van der Waals surface area contributed by atoms with E-state index >= 15 is 0 Å². The summed E-state index contributed by atoms with van der Waals surface area (Å²) < 4.78 is 5.26. The summed E-state index contributed by atoms with van der Waals surface area (Å²) in [6, 6.07) is 13.4. The normalized spacial score (nSPS) is 18.1. The van der Waals surface area contributed by atoms with Crippen molar-refractivity contribution in [1.29, 1.82) is 0 Å². The fourth-order valence-corrected chi connectivity index (χ4v) is 3.87. The first-order valence-corrected chi connectivity index (χ1v) is 9.95. The van der Waals surface area contributed by atoms with E-state index in [0.717, 1.165) is 41.1 Å². The van der Waals surface area contributed by atoms with Crippen molar-refractivity contribution >= 4 is 28.9 Å². The van der Waals surface area contributed by atoms with Gasteiger partial charge in [0.15, 0.2) is 0 Å². The SMILES string of the molecule is COc1ccc2c(c1)CC(C(=O)N1CCCC(C(=O)Nc3ccc(C)cc3)C1)=N2. The Bertz CT molecular complexity index is 966. The van der Waals surface area contributed by atoms with Crippen LogP contribution in [0.25, 0.3) is 0 Å². The molecule has 2 aliphatic rings. The molecule has 1 N–H and O–H groups in total. The van der Waals surface area contributed by atoms with Gasteiger partial charge in [-0.05, 0) is 55.7 Å². The minimum Gasteiger partial charge on any atom is -0.497 e. The number of hydrogen-bond donors (Lipinski definition) is 1. The Hall–Kier alpha value is -3.15. The average Bonchev–Trinajstić information content (AvgIpc) is 3.18. The number of carbonyl (C=O) groups is 2. The predicted octanol–water partition coefficient (Wildman–Crippen LogP) is 3.51. The lowest BCUT2D eigenvalue weighted by Gasteiger charge is -2.32. The van der Waals surface area contributed by atoms with E-state index in [9.17, 15) is 9.59 Å². The summed E-state index contributed by atoms with van der Waals surface area (Å²) in [5, 5.41) is 2.97. The van der Waals surface area contributed by atoms with Gasteiger partial charge in [0.25, 0.3) is 5.91 Å². The summed E-state index contributed by atoms with van der Waals surface area (Å²) >= 11 is 0. The number of carbonyl (C=O) groups excluding carboxylic acids is 2. The second kappa shape index (κ2) is 8.07. The first kappa shape index (κ1) is 19.2. The van der Waals surface area contributed by atoms with Gasteiger partial charge < -0.3 is 15.0 Å². The molecule has 1 saturated heterocycles. The Labute approximate surface area is 170 Å². The smallest absolute Gasteiger partial charge is 0.268 e. The Kier molecular flexibility index (Phi) is 5.34. The van der Waals surface area contributed by atoms with E-state index < -0.39 is 0 Å². The molecule has 6 heteroatoms. The van der Waals surface area contributed by atoms with E-state index in [-0.39, 0.29) is 17.7 Å². The zero-order chi connectivity index (χ0) is 20.4. The van der Waals surface area contributed by atoms with E-state index in [0.29, 0.717) is 25.2 Å². The van der Waals surface area contributed by atoms with Crippen LogP contribution in [0.1, 0.15) is 24.0 Å². The number of anilines is 1. The average molecular weight is 391 g/mol. The molecule has 0 saturated carbocycles. The lowest BCUT2D eigenvalue weighted by atomic mass is 9.96. The topological polar surface area (TPSA) is 71.0 Å². The van der Waals surface area contributed by atoms with Crippen LogP contribution in [-0.4, -0.2) is 42.6 Å². The van der Waals surface area contributed by atoms with Crippen LogP contribution < -0.4 is 10.1 Å². The van der Waals surface area contributed by atoms with Crippen LogP contribution in [-0.2, 0) is 16.0 Å². The number of amides is 2. The van der Waals surface area contributed by atoms with E-state index in [1.54, 1.807) is 12.0 Å². The van der Waals surface area contributed by atoms with Crippen LogP contribution in [0, 0.1) is 12.8 Å². The molecule has 0 aromatic heterocycles. The van der Waals surface area contributed by atoms with Crippen molar-refractivity contribution in [3.63, 3.8) is 0 Å². The predicted molar refractivity (Wildman–Crippen MR) is 113 cm³/mol. The van der Waals surface area contributed by atoms with Crippen LogP contribution >= 0.6 is 0 Å². The standard InChI is InChI=1S/C23H25N3O3/c1-15-5-7-18(8-6-15)24-22(27)16-4-3-11-26(14-16)23(28)21-13-17-12-19(29-2)9-10-20(17)25-21/h5-10,12,16H,3-4,11,13-14H2,1-2H3,(H,24,27). The first-order chi connectivity index (χ1) is 14.0.